The van der Waals surface area contributed by atoms with E-state index < -0.39 is 0 Å². The number of hydrogen-bond donors (Lipinski definition) is 0. The van der Waals surface area contributed by atoms with Crippen molar-refractivity contribution < 1.29 is 4.52 Å². The summed E-state index contributed by atoms with van der Waals surface area (Å²) >= 11 is 0. The quantitative estimate of drug-likeness (QED) is 0.410. The molecule has 0 saturated heterocycles. The van der Waals surface area contributed by atoms with Gasteiger partial charge in [-0.15, -0.1) is 0 Å². The molecular weight excluding hydrogens is 275 g/mol. The van der Waals surface area contributed by atoms with Crippen molar-refractivity contribution >= 4 is 51.4 Å². The highest BCUT2D eigenvalue weighted by atomic mass is 16.5. The lowest BCUT2D eigenvalue weighted by atomic mass is 9.92. The lowest BCUT2D eigenvalue weighted by Crippen LogP contribution is -2.14. The lowest BCUT2D eigenvalue weighted by molar-refractivity contribution is 0.406. The number of fused-ring (bicyclic) bond motifs is 5. The molecule has 2 aromatic carbocycles. The van der Waals surface area contributed by atoms with Crippen LogP contribution >= 0.6 is 0 Å². The summed E-state index contributed by atoms with van der Waals surface area (Å²) in [6.07, 6.45) is 0. The number of benzene rings is 2. The van der Waals surface area contributed by atoms with Crippen LogP contribution in [0.2, 0.25) is 0 Å². The molecule has 3 heterocycles. The fourth-order valence-electron chi connectivity index (χ4n) is 3.43. The minimum atomic E-state index is -0.0998. The summed E-state index contributed by atoms with van der Waals surface area (Å²) in [5.41, 5.74) is 2.85. The first-order valence-corrected chi connectivity index (χ1v) is 7.01. The Labute approximate surface area is 125 Å². The van der Waals surface area contributed by atoms with Gasteiger partial charge >= 0.3 is 0 Å². The minimum Gasteiger partial charge on any atom is -0.360 e. The van der Waals surface area contributed by atoms with Crippen molar-refractivity contribution in [1.29, 1.82) is 0 Å². The van der Waals surface area contributed by atoms with Gasteiger partial charge in [-0.2, -0.15) is 0 Å². The van der Waals surface area contributed by atoms with E-state index in [1.54, 1.807) is 11.3 Å². The number of aromatic nitrogens is 2. The van der Waals surface area contributed by atoms with Gasteiger partial charge < -0.3 is 4.52 Å². The maximum atomic E-state index is 13.0. The topological polar surface area (TPSA) is 47.5 Å². The molecule has 3 aromatic heterocycles. The minimum absolute atomic E-state index is 0.0998. The molecule has 5 heteroatoms. The van der Waals surface area contributed by atoms with Crippen molar-refractivity contribution in [3.8, 4) is 0 Å². The van der Waals surface area contributed by atoms with Crippen molar-refractivity contribution in [2.24, 2.45) is 0 Å². The SMILES string of the molecule is [B]c1cc2c3ccccc3n3c(=O)c4c(C)onc4c(c1)c23. The normalized spacial score (nSPS) is 12.2. The van der Waals surface area contributed by atoms with Gasteiger partial charge in [0, 0.05) is 16.2 Å². The molecule has 0 atom stereocenters. The molecule has 0 spiro atoms. The Kier molecular flexibility index (Phi) is 1.98. The van der Waals surface area contributed by atoms with Crippen LogP contribution in [0, 0.1) is 6.92 Å². The van der Waals surface area contributed by atoms with Gasteiger partial charge in [0.1, 0.15) is 24.5 Å². The zero-order valence-corrected chi connectivity index (χ0v) is 11.8. The van der Waals surface area contributed by atoms with Crippen LogP contribution in [-0.2, 0) is 0 Å². The molecule has 22 heavy (non-hydrogen) atoms. The molecule has 2 radical (unpaired) electrons. The zero-order chi connectivity index (χ0) is 15.0. The Morgan fingerprint density at radius 3 is 2.77 bits per heavy atom. The van der Waals surface area contributed by atoms with Crippen molar-refractivity contribution in [3.05, 3.63) is 52.5 Å². The number of rotatable bonds is 0. The fourth-order valence-corrected chi connectivity index (χ4v) is 3.43. The van der Waals surface area contributed by atoms with Gasteiger partial charge in [0.2, 0.25) is 0 Å². The van der Waals surface area contributed by atoms with Crippen LogP contribution in [-0.4, -0.2) is 17.4 Å². The van der Waals surface area contributed by atoms with Gasteiger partial charge in [-0.3, -0.25) is 9.20 Å². The zero-order valence-electron chi connectivity index (χ0n) is 11.8. The average Bonchev–Trinajstić information content (AvgIpc) is 3.05. The second kappa shape index (κ2) is 3.68. The first-order valence-electron chi connectivity index (χ1n) is 7.01. The van der Waals surface area contributed by atoms with Crippen LogP contribution in [0.5, 0.6) is 0 Å². The van der Waals surface area contributed by atoms with Crippen molar-refractivity contribution in [3.63, 3.8) is 0 Å². The molecule has 4 nitrogen and oxygen atoms in total. The molecule has 5 rings (SSSR count). The van der Waals surface area contributed by atoms with Crippen LogP contribution in [0.15, 0.2) is 45.7 Å². The molecular formula is C17H9BN2O2. The summed E-state index contributed by atoms with van der Waals surface area (Å²) in [5.74, 6) is 0.527. The molecule has 0 saturated carbocycles. The van der Waals surface area contributed by atoms with E-state index in [1.807, 2.05) is 36.4 Å². The first-order chi connectivity index (χ1) is 10.7. The van der Waals surface area contributed by atoms with E-state index in [1.165, 1.54) is 0 Å². The number of pyridine rings is 1. The predicted molar refractivity (Wildman–Crippen MR) is 87.6 cm³/mol. The van der Waals surface area contributed by atoms with Crippen molar-refractivity contribution in [1.82, 2.24) is 9.56 Å². The number of hydrogen-bond acceptors (Lipinski definition) is 3. The van der Waals surface area contributed by atoms with E-state index in [9.17, 15) is 4.79 Å². The van der Waals surface area contributed by atoms with Crippen LogP contribution in [0.3, 0.4) is 0 Å². The van der Waals surface area contributed by atoms with Crippen molar-refractivity contribution in [2.45, 2.75) is 6.92 Å². The Bertz CT molecular complexity index is 1270. The third-order valence-corrected chi connectivity index (χ3v) is 4.33. The standard InChI is InChI=1S/C17H9BN2O2/c1-8-14-15(19-22-8)12-7-9(18)6-11-10-4-2-3-5-13(10)20(16(11)12)17(14)21/h2-7H,1H3. The molecule has 0 fully saturated rings. The van der Waals surface area contributed by atoms with Gasteiger partial charge in [0.15, 0.2) is 0 Å². The number of nitrogens with zero attached hydrogens (tertiary/aromatic N) is 2. The predicted octanol–water partition coefficient (Wildman–Crippen LogP) is 2.29. The molecule has 0 aliphatic heterocycles. The number of para-hydroxylation sites is 1. The summed E-state index contributed by atoms with van der Waals surface area (Å²) in [6, 6.07) is 11.6. The van der Waals surface area contributed by atoms with Crippen LogP contribution < -0.4 is 11.0 Å². The number of aryl methyl sites for hydroxylation is 1. The first kappa shape index (κ1) is 11.8. The fraction of sp³-hybridized carbons (Fsp3) is 0.0588. The molecule has 5 aromatic rings. The van der Waals surface area contributed by atoms with Gasteiger partial charge in [0.05, 0.1) is 11.0 Å². The largest absolute Gasteiger partial charge is 0.360 e. The molecule has 0 aliphatic rings. The van der Waals surface area contributed by atoms with Crippen LogP contribution in [0.4, 0.5) is 0 Å². The van der Waals surface area contributed by atoms with Gasteiger partial charge in [-0.05, 0) is 13.0 Å². The molecule has 0 amide bonds. The van der Waals surface area contributed by atoms with E-state index in [-0.39, 0.29) is 5.56 Å². The Hall–Kier alpha value is -2.82. The Morgan fingerprint density at radius 2 is 1.91 bits per heavy atom. The molecule has 0 aliphatic carbocycles. The Morgan fingerprint density at radius 1 is 1.14 bits per heavy atom. The molecule has 0 bridgehead atoms. The third kappa shape index (κ3) is 1.20. The molecule has 0 N–H and O–H groups in total. The lowest BCUT2D eigenvalue weighted by Gasteiger charge is -2.03. The van der Waals surface area contributed by atoms with Gasteiger partial charge in [-0.25, -0.2) is 0 Å². The molecule has 0 unspecified atom stereocenters. The van der Waals surface area contributed by atoms with E-state index in [4.69, 9.17) is 12.4 Å². The summed E-state index contributed by atoms with van der Waals surface area (Å²) in [6.45, 7) is 1.75. The van der Waals surface area contributed by atoms with E-state index >= 15 is 0 Å². The maximum Gasteiger partial charge on any atom is 0.268 e. The van der Waals surface area contributed by atoms with E-state index in [0.717, 1.165) is 27.2 Å². The highest BCUT2D eigenvalue weighted by Gasteiger charge is 2.20. The second-order valence-corrected chi connectivity index (χ2v) is 5.58. The summed E-state index contributed by atoms with van der Waals surface area (Å²) in [4.78, 5) is 13.0. The van der Waals surface area contributed by atoms with Crippen LogP contribution in [0.25, 0.3) is 38.1 Å². The van der Waals surface area contributed by atoms with Crippen molar-refractivity contribution in [2.75, 3.05) is 0 Å². The van der Waals surface area contributed by atoms with E-state index in [0.29, 0.717) is 22.1 Å². The molecule has 102 valence electrons. The summed E-state index contributed by atoms with van der Waals surface area (Å²) < 4.78 is 6.99. The smallest absolute Gasteiger partial charge is 0.268 e. The third-order valence-electron chi connectivity index (χ3n) is 4.33. The summed E-state index contributed by atoms with van der Waals surface area (Å²) in [5, 5.41) is 7.41. The highest BCUT2D eigenvalue weighted by Crippen LogP contribution is 2.33. The van der Waals surface area contributed by atoms with Gasteiger partial charge in [0.25, 0.3) is 5.56 Å². The average molecular weight is 284 g/mol. The van der Waals surface area contributed by atoms with Crippen LogP contribution in [0.1, 0.15) is 5.76 Å². The Balaban J connectivity index is 2.33. The van der Waals surface area contributed by atoms with E-state index in [2.05, 4.69) is 5.16 Å². The summed E-state index contributed by atoms with van der Waals surface area (Å²) in [7, 11) is 6.07. The van der Waals surface area contributed by atoms with Gasteiger partial charge in [-0.1, -0.05) is 41.0 Å². The monoisotopic (exact) mass is 284 g/mol. The maximum absolute atomic E-state index is 13.0. The second-order valence-electron chi connectivity index (χ2n) is 5.58. The highest BCUT2D eigenvalue weighted by molar-refractivity contribution is 6.36.